The zero-order chi connectivity index (χ0) is 16.3. The number of hydrogen-bond acceptors (Lipinski definition) is 3. The monoisotopic (exact) mass is 309 g/mol. The Bertz CT molecular complexity index is 556. The number of ether oxygens (including phenoxy) is 1. The third-order valence-electron chi connectivity index (χ3n) is 3.96. The van der Waals surface area contributed by atoms with Crippen LogP contribution in [0.3, 0.4) is 0 Å². The molecule has 0 spiro atoms. The van der Waals surface area contributed by atoms with Crippen molar-refractivity contribution in [1.29, 1.82) is 0 Å². The zero-order valence-corrected chi connectivity index (χ0v) is 15.0. The molecule has 0 aliphatic rings. The van der Waals surface area contributed by atoms with Gasteiger partial charge in [-0.25, -0.2) is 0 Å². The lowest BCUT2D eigenvalue weighted by molar-refractivity contribution is 0.143. The third kappa shape index (κ3) is 4.57. The molecule has 0 fully saturated rings. The number of nitrogens with zero attached hydrogens (tertiary/aromatic N) is 1. The summed E-state index contributed by atoms with van der Waals surface area (Å²) >= 11 is 0. The highest BCUT2D eigenvalue weighted by Gasteiger charge is 2.39. The van der Waals surface area contributed by atoms with Gasteiger partial charge in [0, 0.05) is 25.0 Å². The first kappa shape index (κ1) is 17.7. The average molecular weight is 309 g/mol. The second-order valence-electron chi connectivity index (χ2n) is 6.77. The normalized spacial score (nSPS) is 12.3. The summed E-state index contributed by atoms with van der Waals surface area (Å²) in [5.74, 6) is 0.427. The molecule has 0 unspecified atom stereocenters. The second kappa shape index (κ2) is 6.62. The molecule has 1 aromatic rings. The summed E-state index contributed by atoms with van der Waals surface area (Å²) in [5.41, 5.74) is 0.736. The first-order valence-electron chi connectivity index (χ1n) is 7.15. The van der Waals surface area contributed by atoms with Crippen molar-refractivity contribution in [3.63, 3.8) is 0 Å². The molecule has 0 N–H and O–H groups in total. The molecule has 0 saturated heterocycles. The topological polar surface area (TPSA) is 40.5 Å². The predicted octanol–water partition coefficient (Wildman–Crippen LogP) is 3.47. The molecule has 118 valence electrons. The summed E-state index contributed by atoms with van der Waals surface area (Å²) < 4.78 is 13.4. The Balaban J connectivity index is 2.99. The van der Waals surface area contributed by atoms with Crippen LogP contribution in [0.25, 0.3) is 0 Å². The largest absolute Gasteiger partial charge is 0.540 e. The van der Waals surface area contributed by atoms with Crippen molar-refractivity contribution < 1.29 is 9.16 Å². The van der Waals surface area contributed by atoms with E-state index in [1.165, 1.54) is 0 Å². The maximum atomic E-state index is 12.2. The van der Waals surface area contributed by atoms with Crippen LogP contribution in [0.2, 0.25) is 18.1 Å². The van der Waals surface area contributed by atoms with Gasteiger partial charge in [0.1, 0.15) is 0 Å². The summed E-state index contributed by atoms with van der Waals surface area (Å²) in [4.78, 5) is 12.2. The van der Waals surface area contributed by atoms with Crippen molar-refractivity contribution in [2.45, 2.75) is 45.5 Å². The molecule has 0 bridgehead atoms. The quantitative estimate of drug-likeness (QED) is 0.459. The molecular formula is C16H27NO3Si. The number of aromatic nitrogens is 1. The predicted molar refractivity (Wildman–Crippen MR) is 89.4 cm³/mol. The van der Waals surface area contributed by atoms with Crippen molar-refractivity contribution in [3.8, 4) is 5.75 Å². The first-order valence-corrected chi connectivity index (χ1v) is 10.1. The lowest BCUT2D eigenvalue weighted by atomic mass is 10.2. The van der Waals surface area contributed by atoms with Crippen LogP contribution in [-0.2, 0) is 18.4 Å². The number of pyridine rings is 1. The summed E-state index contributed by atoms with van der Waals surface area (Å²) in [7, 11) is -0.113. The van der Waals surface area contributed by atoms with Crippen LogP contribution in [0, 0.1) is 0 Å². The number of hydrogen-bond donors (Lipinski definition) is 0. The Morgan fingerprint density at radius 3 is 2.52 bits per heavy atom. The van der Waals surface area contributed by atoms with E-state index in [0.717, 1.165) is 5.69 Å². The van der Waals surface area contributed by atoms with Gasteiger partial charge in [0.25, 0.3) is 8.32 Å². The minimum Gasteiger partial charge on any atom is -0.540 e. The van der Waals surface area contributed by atoms with Crippen LogP contribution >= 0.6 is 0 Å². The fourth-order valence-electron chi connectivity index (χ4n) is 1.54. The van der Waals surface area contributed by atoms with E-state index in [0.29, 0.717) is 19.0 Å². The summed E-state index contributed by atoms with van der Waals surface area (Å²) in [6.07, 6.45) is 3.45. The molecule has 0 aliphatic carbocycles. The Morgan fingerprint density at radius 2 is 2.00 bits per heavy atom. The van der Waals surface area contributed by atoms with Gasteiger partial charge in [0.05, 0.1) is 13.2 Å². The molecular weight excluding hydrogens is 282 g/mol. The van der Waals surface area contributed by atoms with Crippen molar-refractivity contribution in [2.24, 2.45) is 7.05 Å². The standard InChI is InChI=1S/C16H27NO3Si/c1-8-9-19-12-13-10-14(18)15(11-17(13)5)20-21(6,7)16(2,3)4/h8,10-11H,1,9,12H2,2-7H3. The Labute approximate surface area is 128 Å². The lowest BCUT2D eigenvalue weighted by Gasteiger charge is -2.36. The van der Waals surface area contributed by atoms with Gasteiger partial charge in [0.15, 0.2) is 5.75 Å². The van der Waals surface area contributed by atoms with Crippen LogP contribution < -0.4 is 9.85 Å². The van der Waals surface area contributed by atoms with E-state index < -0.39 is 8.32 Å². The molecule has 1 aromatic heterocycles. The molecule has 21 heavy (non-hydrogen) atoms. The highest BCUT2D eigenvalue weighted by molar-refractivity contribution is 6.74. The van der Waals surface area contributed by atoms with Crippen LogP contribution in [0.1, 0.15) is 26.5 Å². The van der Waals surface area contributed by atoms with Crippen LogP contribution in [0.15, 0.2) is 29.7 Å². The fraction of sp³-hybridized carbons (Fsp3) is 0.562. The van der Waals surface area contributed by atoms with Gasteiger partial charge >= 0.3 is 0 Å². The van der Waals surface area contributed by atoms with Crippen molar-refractivity contribution in [3.05, 3.63) is 40.8 Å². The number of aryl methyl sites for hydroxylation is 1. The van der Waals surface area contributed by atoms with Gasteiger partial charge in [-0.2, -0.15) is 0 Å². The van der Waals surface area contributed by atoms with Gasteiger partial charge in [0.2, 0.25) is 5.43 Å². The van der Waals surface area contributed by atoms with Crippen molar-refractivity contribution in [1.82, 2.24) is 4.57 Å². The van der Waals surface area contributed by atoms with Gasteiger partial charge in [-0.3, -0.25) is 4.79 Å². The number of rotatable bonds is 6. The van der Waals surface area contributed by atoms with E-state index in [2.05, 4.69) is 40.4 Å². The van der Waals surface area contributed by atoms with Crippen LogP contribution in [0.5, 0.6) is 5.75 Å². The van der Waals surface area contributed by atoms with E-state index >= 15 is 0 Å². The SMILES string of the molecule is C=CCOCc1cc(=O)c(O[Si](C)(C)C(C)(C)C)cn1C. The van der Waals surface area contributed by atoms with Crippen molar-refractivity contribution in [2.75, 3.05) is 6.61 Å². The van der Waals surface area contributed by atoms with Gasteiger partial charge in [-0.1, -0.05) is 26.8 Å². The Morgan fingerprint density at radius 1 is 1.38 bits per heavy atom. The van der Waals surface area contributed by atoms with Crippen LogP contribution in [0.4, 0.5) is 0 Å². The molecule has 0 aliphatic heterocycles. The maximum absolute atomic E-state index is 12.2. The highest BCUT2D eigenvalue weighted by atomic mass is 28.4. The Hall–Kier alpha value is -1.33. The van der Waals surface area contributed by atoms with E-state index in [4.69, 9.17) is 9.16 Å². The summed E-state index contributed by atoms with van der Waals surface area (Å²) in [5, 5.41) is 0.0593. The summed E-state index contributed by atoms with van der Waals surface area (Å²) in [6, 6.07) is 1.59. The minimum atomic E-state index is -2.01. The van der Waals surface area contributed by atoms with Gasteiger partial charge in [-0.05, 0) is 18.1 Å². The molecule has 0 saturated carbocycles. The first-order chi connectivity index (χ1) is 9.58. The lowest BCUT2D eigenvalue weighted by Crippen LogP contribution is -2.45. The van der Waals surface area contributed by atoms with Gasteiger partial charge < -0.3 is 13.7 Å². The molecule has 0 radical (unpaired) electrons. The molecule has 0 aromatic carbocycles. The molecule has 1 rings (SSSR count). The fourth-order valence-corrected chi connectivity index (χ4v) is 2.55. The molecule has 5 heteroatoms. The highest BCUT2D eigenvalue weighted by Crippen LogP contribution is 2.36. The second-order valence-corrected chi connectivity index (χ2v) is 11.5. The minimum absolute atomic E-state index is 0.0593. The average Bonchev–Trinajstić information content (AvgIpc) is 2.33. The smallest absolute Gasteiger partial charge is 0.250 e. The van der Waals surface area contributed by atoms with E-state index in [-0.39, 0.29) is 10.5 Å². The van der Waals surface area contributed by atoms with E-state index in [1.54, 1.807) is 18.3 Å². The molecule has 0 amide bonds. The molecule has 4 nitrogen and oxygen atoms in total. The summed E-state index contributed by atoms with van der Waals surface area (Å²) in [6.45, 7) is 15.2. The zero-order valence-electron chi connectivity index (χ0n) is 14.0. The third-order valence-corrected chi connectivity index (χ3v) is 8.30. The van der Waals surface area contributed by atoms with Gasteiger partial charge in [-0.15, -0.1) is 6.58 Å². The maximum Gasteiger partial charge on any atom is 0.250 e. The Kier molecular flexibility index (Phi) is 5.59. The van der Waals surface area contributed by atoms with Crippen LogP contribution in [-0.4, -0.2) is 19.5 Å². The van der Waals surface area contributed by atoms with Crippen molar-refractivity contribution >= 4 is 8.32 Å². The van der Waals surface area contributed by atoms with E-state index in [9.17, 15) is 4.79 Å². The van der Waals surface area contributed by atoms with E-state index in [1.807, 2.05) is 11.6 Å². The molecule has 1 heterocycles. The molecule has 0 atom stereocenters.